The largest absolute Gasteiger partial charge is 0.469 e. The average Bonchev–Trinajstić information content (AvgIpc) is 2.71. The molecule has 0 atom stereocenters. The van der Waals surface area contributed by atoms with E-state index in [9.17, 15) is 0 Å². The highest BCUT2D eigenvalue weighted by Crippen LogP contribution is 2.19. The first-order chi connectivity index (χ1) is 6.29. The third-order valence-corrected chi connectivity index (χ3v) is 1.76. The fourth-order valence-electron chi connectivity index (χ4n) is 1.07. The van der Waals surface area contributed by atoms with Crippen LogP contribution in [0.2, 0.25) is 0 Å². The maximum Gasteiger partial charge on any atom is 0.261 e. The summed E-state index contributed by atoms with van der Waals surface area (Å²) in [6.45, 7) is 3.86. The van der Waals surface area contributed by atoms with Gasteiger partial charge in [0.25, 0.3) is 5.89 Å². The summed E-state index contributed by atoms with van der Waals surface area (Å²) in [5.74, 6) is 2.08. The maximum absolute atomic E-state index is 5.13. The zero-order chi connectivity index (χ0) is 9.26. The quantitative estimate of drug-likeness (QED) is 0.707. The molecule has 68 valence electrons. The molecule has 0 bridgehead atoms. The second-order valence-corrected chi connectivity index (χ2v) is 2.82. The number of rotatable bonds is 2. The van der Waals surface area contributed by atoms with Crippen LogP contribution < -0.4 is 0 Å². The van der Waals surface area contributed by atoms with Crippen molar-refractivity contribution in [3.63, 3.8) is 0 Å². The second-order valence-electron chi connectivity index (χ2n) is 2.82. The van der Waals surface area contributed by atoms with Gasteiger partial charge in [0.1, 0.15) is 12.0 Å². The lowest BCUT2D eigenvalue weighted by Crippen LogP contribution is -1.81. The molecular formula is C9H10N2O2. The van der Waals surface area contributed by atoms with Crippen LogP contribution in [-0.2, 0) is 6.42 Å². The molecular weight excluding hydrogens is 168 g/mol. The summed E-state index contributed by atoms with van der Waals surface area (Å²) < 4.78 is 10.2. The van der Waals surface area contributed by atoms with E-state index in [1.165, 1.54) is 0 Å². The van der Waals surface area contributed by atoms with Crippen LogP contribution in [0.3, 0.4) is 0 Å². The summed E-state index contributed by atoms with van der Waals surface area (Å²) in [6.07, 6.45) is 2.39. The van der Waals surface area contributed by atoms with Gasteiger partial charge in [-0.05, 0) is 13.0 Å². The number of furan rings is 1. The number of hydrogen-bond acceptors (Lipinski definition) is 4. The molecule has 0 spiro atoms. The third kappa shape index (κ3) is 1.47. The molecule has 4 heteroatoms. The molecule has 0 aliphatic carbocycles. The van der Waals surface area contributed by atoms with Crippen LogP contribution in [0.25, 0.3) is 11.5 Å². The summed E-state index contributed by atoms with van der Waals surface area (Å²) in [6, 6.07) is 1.87. The molecule has 0 aliphatic heterocycles. The van der Waals surface area contributed by atoms with E-state index >= 15 is 0 Å². The lowest BCUT2D eigenvalue weighted by molar-refractivity contribution is 0.422. The Labute approximate surface area is 75.6 Å². The van der Waals surface area contributed by atoms with Gasteiger partial charge in [-0.3, -0.25) is 0 Å². The van der Waals surface area contributed by atoms with Gasteiger partial charge in [-0.15, -0.1) is 0 Å². The Morgan fingerprint density at radius 3 is 2.85 bits per heavy atom. The molecule has 13 heavy (non-hydrogen) atoms. The van der Waals surface area contributed by atoms with E-state index < -0.39 is 0 Å². The van der Waals surface area contributed by atoms with Crippen molar-refractivity contribution in [2.24, 2.45) is 0 Å². The fourth-order valence-corrected chi connectivity index (χ4v) is 1.07. The summed E-state index contributed by atoms with van der Waals surface area (Å²) in [5, 5.41) is 3.79. The topological polar surface area (TPSA) is 52.1 Å². The van der Waals surface area contributed by atoms with Crippen LogP contribution in [-0.4, -0.2) is 10.1 Å². The summed E-state index contributed by atoms with van der Waals surface area (Å²) in [7, 11) is 0. The Kier molecular flexibility index (Phi) is 1.88. The molecule has 0 fully saturated rings. The van der Waals surface area contributed by atoms with Crippen molar-refractivity contribution in [1.82, 2.24) is 10.1 Å². The Hall–Kier alpha value is -1.58. The van der Waals surface area contributed by atoms with Gasteiger partial charge in [-0.2, -0.15) is 4.98 Å². The highest BCUT2D eigenvalue weighted by molar-refractivity contribution is 5.51. The molecule has 0 unspecified atom stereocenters. The molecule has 4 nitrogen and oxygen atoms in total. The summed E-state index contributed by atoms with van der Waals surface area (Å²) in [4.78, 5) is 4.17. The Morgan fingerprint density at radius 1 is 1.46 bits per heavy atom. The average molecular weight is 178 g/mol. The zero-order valence-corrected chi connectivity index (χ0v) is 7.57. The van der Waals surface area contributed by atoms with Crippen molar-refractivity contribution in [1.29, 1.82) is 0 Å². The molecule has 0 aromatic carbocycles. The van der Waals surface area contributed by atoms with E-state index in [2.05, 4.69) is 10.1 Å². The molecule has 0 saturated heterocycles. The first kappa shape index (κ1) is 8.04. The molecule has 2 aromatic rings. The lowest BCUT2D eigenvalue weighted by atomic mass is 10.3. The van der Waals surface area contributed by atoms with Gasteiger partial charge >= 0.3 is 0 Å². The highest BCUT2D eigenvalue weighted by Gasteiger charge is 2.09. The first-order valence-corrected chi connectivity index (χ1v) is 4.17. The Balaban J connectivity index is 2.35. The molecule has 0 saturated carbocycles. The third-order valence-electron chi connectivity index (χ3n) is 1.76. The predicted molar refractivity (Wildman–Crippen MR) is 46.1 cm³/mol. The van der Waals surface area contributed by atoms with Crippen LogP contribution in [0.1, 0.15) is 18.5 Å². The van der Waals surface area contributed by atoms with Gasteiger partial charge in [0.05, 0.1) is 5.56 Å². The van der Waals surface area contributed by atoms with Gasteiger partial charge in [0, 0.05) is 6.42 Å². The number of aryl methyl sites for hydroxylation is 2. The van der Waals surface area contributed by atoms with Gasteiger partial charge < -0.3 is 8.94 Å². The van der Waals surface area contributed by atoms with Crippen molar-refractivity contribution in [3.05, 3.63) is 23.9 Å². The van der Waals surface area contributed by atoms with Gasteiger partial charge in [-0.1, -0.05) is 12.1 Å². The number of aromatic nitrogens is 2. The van der Waals surface area contributed by atoms with Gasteiger partial charge in [-0.25, -0.2) is 0 Å². The van der Waals surface area contributed by atoms with Crippen LogP contribution in [0.4, 0.5) is 0 Å². The zero-order valence-electron chi connectivity index (χ0n) is 7.57. The van der Waals surface area contributed by atoms with Crippen molar-refractivity contribution in [2.45, 2.75) is 20.3 Å². The Bertz CT molecular complexity index is 403. The van der Waals surface area contributed by atoms with E-state index in [0.717, 1.165) is 17.7 Å². The van der Waals surface area contributed by atoms with Crippen molar-refractivity contribution in [3.8, 4) is 11.5 Å². The highest BCUT2D eigenvalue weighted by atomic mass is 16.5. The maximum atomic E-state index is 5.13. The Morgan fingerprint density at radius 2 is 2.31 bits per heavy atom. The predicted octanol–water partition coefficient (Wildman–Crippen LogP) is 2.20. The monoisotopic (exact) mass is 178 g/mol. The number of hydrogen-bond donors (Lipinski definition) is 0. The van der Waals surface area contributed by atoms with Crippen LogP contribution in [0.15, 0.2) is 21.3 Å². The minimum absolute atomic E-state index is 0.522. The lowest BCUT2D eigenvalue weighted by Gasteiger charge is -1.81. The molecule has 2 aromatic heterocycles. The molecule has 0 radical (unpaired) electrons. The smallest absolute Gasteiger partial charge is 0.261 e. The van der Waals surface area contributed by atoms with Crippen LogP contribution >= 0.6 is 0 Å². The first-order valence-electron chi connectivity index (χ1n) is 4.17. The standard InChI is InChI=1S/C9H10N2O2/c1-3-8-10-9(13-11-8)7-4-6(2)12-5-7/h4-5H,3H2,1-2H3. The molecule has 2 heterocycles. The van der Waals surface area contributed by atoms with Crippen molar-refractivity contribution < 1.29 is 8.94 Å². The fraction of sp³-hybridized carbons (Fsp3) is 0.333. The van der Waals surface area contributed by atoms with E-state index in [1.807, 2.05) is 19.9 Å². The van der Waals surface area contributed by atoms with Crippen LogP contribution in [0.5, 0.6) is 0 Å². The molecule has 2 rings (SSSR count). The van der Waals surface area contributed by atoms with Gasteiger partial charge in [0.15, 0.2) is 5.82 Å². The van der Waals surface area contributed by atoms with Crippen molar-refractivity contribution >= 4 is 0 Å². The SMILES string of the molecule is CCc1noc(-c2coc(C)c2)n1. The second kappa shape index (κ2) is 3.05. The van der Waals surface area contributed by atoms with Crippen LogP contribution in [0, 0.1) is 6.92 Å². The normalized spacial score (nSPS) is 10.6. The van der Waals surface area contributed by atoms with E-state index in [1.54, 1.807) is 6.26 Å². The molecule has 0 aliphatic rings. The van der Waals surface area contributed by atoms with E-state index in [0.29, 0.717) is 11.7 Å². The number of nitrogens with zero attached hydrogens (tertiary/aromatic N) is 2. The molecule has 0 amide bonds. The van der Waals surface area contributed by atoms with E-state index in [-0.39, 0.29) is 0 Å². The van der Waals surface area contributed by atoms with Gasteiger partial charge in [0.2, 0.25) is 0 Å². The minimum atomic E-state index is 0.522. The molecule has 0 N–H and O–H groups in total. The summed E-state index contributed by atoms with van der Waals surface area (Å²) in [5.41, 5.74) is 0.838. The minimum Gasteiger partial charge on any atom is -0.469 e. The van der Waals surface area contributed by atoms with E-state index in [4.69, 9.17) is 8.94 Å². The van der Waals surface area contributed by atoms with Crippen molar-refractivity contribution in [2.75, 3.05) is 0 Å². The summed E-state index contributed by atoms with van der Waals surface area (Å²) >= 11 is 0.